The highest BCUT2D eigenvalue weighted by Gasteiger charge is 2.17. The van der Waals surface area contributed by atoms with E-state index in [0.717, 1.165) is 16.5 Å². The predicted molar refractivity (Wildman–Crippen MR) is 138 cm³/mol. The number of rotatable bonds is 6. The summed E-state index contributed by atoms with van der Waals surface area (Å²) >= 11 is 7.50. The number of hydrogen-bond acceptors (Lipinski definition) is 3. The first-order valence-corrected chi connectivity index (χ1v) is 12.0. The number of aryl methyl sites for hydroxylation is 2. The van der Waals surface area contributed by atoms with Crippen molar-refractivity contribution in [2.24, 2.45) is 0 Å². The molecular formula is C26H27N3OS2. The highest BCUT2D eigenvalue weighted by molar-refractivity contribution is 7.80. The molecule has 2 heterocycles. The first-order chi connectivity index (χ1) is 15.4. The monoisotopic (exact) mass is 461 g/mol. The average Bonchev–Trinajstić information content (AvgIpc) is 3.30. The van der Waals surface area contributed by atoms with Gasteiger partial charge in [0, 0.05) is 10.4 Å². The molecule has 1 unspecified atom stereocenters. The number of thiophene rings is 1. The first-order valence-electron chi connectivity index (χ1n) is 10.7. The lowest BCUT2D eigenvalue weighted by molar-refractivity contribution is 0.395. The van der Waals surface area contributed by atoms with Crippen LogP contribution in [0.15, 0.2) is 70.8 Å². The van der Waals surface area contributed by atoms with Crippen molar-refractivity contribution in [2.45, 2.75) is 39.9 Å². The fourth-order valence-electron chi connectivity index (χ4n) is 3.78. The van der Waals surface area contributed by atoms with Crippen LogP contribution in [0.2, 0.25) is 0 Å². The first kappa shape index (κ1) is 22.2. The third-order valence-corrected chi connectivity index (χ3v) is 7.08. The lowest BCUT2D eigenvalue weighted by Gasteiger charge is -2.28. The van der Waals surface area contributed by atoms with Gasteiger partial charge in [0.1, 0.15) is 0 Å². The van der Waals surface area contributed by atoms with Crippen LogP contribution >= 0.6 is 23.6 Å². The van der Waals surface area contributed by atoms with Crippen molar-refractivity contribution in [2.75, 3.05) is 0 Å². The maximum absolute atomic E-state index is 13.0. The van der Waals surface area contributed by atoms with Gasteiger partial charge in [-0.05, 0) is 72.6 Å². The van der Waals surface area contributed by atoms with Crippen molar-refractivity contribution in [3.05, 3.63) is 104 Å². The van der Waals surface area contributed by atoms with Gasteiger partial charge in [0.25, 0.3) is 5.56 Å². The number of aromatic amines is 1. The summed E-state index contributed by atoms with van der Waals surface area (Å²) in [5.74, 6) is 0. The minimum absolute atomic E-state index is 0.0649. The molecule has 0 saturated heterocycles. The zero-order chi connectivity index (χ0) is 22.7. The van der Waals surface area contributed by atoms with E-state index in [0.29, 0.717) is 23.8 Å². The summed E-state index contributed by atoms with van der Waals surface area (Å²) in [7, 11) is 0. The molecule has 0 aliphatic rings. The van der Waals surface area contributed by atoms with Gasteiger partial charge in [-0.1, -0.05) is 48.5 Å². The van der Waals surface area contributed by atoms with Crippen LogP contribution in [0.25, 0.3) is 10.9 Å². The summed E-state index contributed by atoms with van der Waals surface area (Å²) < 4.78 is 0. The Morgan fingerprint density at radius 3 is 2.59 bits per heavy atom. The van der Waals surface area contributed by atoms with E-state index in [1.807, 2.05) is 37.3 Å². The molecule has 4 aromatic rings. The van der Waals surface area contributed by atoms with Crippen molar-refractivity contribution in [3.63, 3.8) is 0 Å². The quantitative estimate of drug-likeness (QED) is 0.354. The van der Waals surface area contributed by atoms with Gasteiger partial charge >= 0.3 is 0 Å². The topological polar surface area (TPSA) is 48.1 Å². The van der Waals surface area contributed by atoms with Gasteiger partial charge in [-0.25, -0.2) is 0 Å². The van der Waals surface area contributed by atoms with E-state index in [2.05, 4.69) is 64.8 Å². The van der Waals surface area contributed by atoms with Gasteiger partial charge < -0.3 is 15.2 Å². The number of pyridine rings is 1. The molecule has 0 bridgehead atoms. The maximum Gasteiger partial charge on any atom is 0.253 e. The molecule has 0 saturated carbocycles. The number of aromatic nitrogens is 1. The van der Waals surface area contributed by atoms with Crippen LogP contribution in [-0.4, -0.2) is 15.0 Å². The molecule has 2 aromatic heterocycles. The van der Waals surface area contributed by atoms with Crippen LogP contribution in [0.4, 0.5) is 0 Å². The summed E-state index contributed by atoms with van der Waals surface area (Å²) in [4.78, 5) is 19.3. The van der Waals surface area contributed by atoms with E-state index in [1.165, 1.54) is 16.0 Å². The lowest BCUT2D eigenvalue weighted by Crippen LogP contribution is -2.40. The Kier molecular flexibility index (Phi) is 6.72. The van der Waals surface area contributed by atoms with Gasteiger partial charge in [-0.15, -0.1) is 11.3 Å². The lowest BCUT2D eigenvalue weighted by atomic mass is 10.0. The zero-order valence-corrected chi connectivity index (χ0v) is 20.1. The Morgan fingerprint density at radius 1 is 1.09 bits per heavy atom. The summed E-state index contributed by atoms with van der Waals surface area (Å²) in [5.41, 5.74) is 4.98. The SMILES string of the molecule is Cc1ccc2cc(CN(Cc3cccs3)C(=S)NC(C)c3ccccc3)c(=O)[nH]c2c1C. The number of nitrogens with one attached hydrogen (secondary N) is 2. The highest BCUT2D eigenvalue weighted by Crippen LogP contribution is 2.21. The molecule has 32 heavy (non-hydrogen) atoms. The van der Waals surface area contributed by atoms with E-state index >= 15 is 0 Å². The molecule has 2 aromatic carbocycles. The van der Waals surface area contributed by atoms with Gasteiger partial charge in [0.15, 0.2) is 5.11 Å². The van der Waals surface area contributed by atoms with Gasteiger partial charge in [0.2, 0.25) is 0 Å². The smallest absolute Gasteiger partial charge is 0.253 e. The molecule has 4 nitrogen and oxygen atoms in total. The number of hydrogen-bond donors (Lipinski definition) is 2. The van der Waals surface area contributed by atoms with E-state index in [-0.39, 0.29) is 11.6 Å². The van der Waals surface area contributed by atoms with Crippen LogP contribution in [0.1, 0.15) is 40.1 Å². The van der Waals surface area contributed by atoms with Crippen LogP contribution in [-0.2, 0) is 13.1 Å². The van der Waals surface area contributed by atoms with E-state index in [9.17, 15) is 4.79 Å². The highest BCUT2D eigenvalue weighted by atomic mass is 32.1. The standard InChI is InChI=1S/C26H27N3OS2/c1-17-11-12-21-14-22(25(30)28-24(21)18(17)2)15-29(16-23-10-7-13-32-23)26(31)27-19(3)20-8-5-4-6-9-20/h4-14,19H,15-16H2,1-3H3,(H,27,31)(H,28,30). The normalized spacial score (nSPS) is 12.0. The molecule has 4 rings (SSSR count). The van der Waals surface area contributed by atoms with Crippen molar-refractivity contribution >= 4 is 39.6 Å². The van der Waals surface area contributed by atoms with Crippen molar-refractivity contribution in [1.29, 1.82) is 0 Å². The van der Waals surface area contributed by atoms with E-state index < -0.39 is 0 Å². The van der Waals surface area contributed by atoms with Gasteiger partial charge in [0.05, 0.1) is 24.6 Å². The van der Waals surface area contributed by atoms with Crippen LogP contribution < -0.4 is 10.9 Å². The second-order valence-electron chi connectivity index (χ2n) is 8.11. The second kappa shape index (κ2) is 9.67. The van der Waals surface area contributed by atoms with Crippen LogP contribution in [0.3, 0.4) is 0 Å². The van der Waals surface area contributed by atoms with Crippen LogP contribution in [0, 0.1) is 13.8 Å². The number of thiocarbonyl (C=S) groups is 1. The molecular weight excluding hydrogens is 434 g/mol. The predicted octanol–water partition coefficient (Wildman–Crippen LogP) is 5.84. The summed E-state index contributed by atoms with van der Waals surface area (Å²) in [6.45, 7) is 7.28. The fourth-order valence-corrected chi connectivity index (χ4v) is 4.81. The van der Waals surface area contributed by atoms with E-state index in [1.54, 1.807) is 11.3 Å². The van der Waals surface area contributed by atoms with Gasteiger partial charge in [-0.2, -0.15) is 0 Å². The summed E-state index contributed by atoms with van der Waals surface area (Å²) in [6.07, 6.45) is 0. The Balaban J connectivity index is 1.62. The van der Waals surface area contributed by atoms with Gasteiger partial charge in [-0.3, -0.25) is 4.79 Å². The number of H-pyrrole nitrogens is 1. The molecule has 164 valence electrons. The zero-order valence-electron chi connectivity index (χ0n) is 18.5. The molecule has 0 aliphatic heterocycles. The third kappa shape index (κ3) is 4.92. The van der Waals surface area contributed by atoms with Crippen molar-refractivity contribution in [3.8, 4) is 0 Å². The number of fused-ring (bicyclic) bond motifs is 1. The Bertz CT molecular complexity index is 1280. The number of benzene rings is 2. The number of nitrogens with zero attached hydrogens (tertiary/aromatic N) is 1. The molecule has 6 heteroatoms. The maximum atomic E-state index is 13.0. The Morgan fingerprint density at radius 2 is 1.88 bits per heavy atom. The molecule has 0 radical (unpaired) electrons. The Hall–Kier alpha value is -2.96. The molecule has 0 amide bonds. The van der Waals surface area contributed by atoms with Crippen LogP contribution in [0.5, 0.6) is 0 Å². The van der Waals surface area contributed by atoms with Crippen molar-refractivity contribution in [1.82, 2.24) is 15.2 Å². The molecule has 0 spiro atoms. The molecule has 2 N–H and O–H groups in total. The Labute approximate surface area is 197 Å². The minimum atomic E-state index is -0.0683. The molecule has 0 fully saturated rings. The minimum Gasteiger partial charge on any atom is -0.356 e. The molecule has 0 aliphatic carbocycles. The largest absolute Gasteiger partial charge is 0.356 e. The van der Waals surface area contributed by atoms with Crippen molar-refractivity contribution < 1.29 is 0 Å². The van der Waals surface area contributed by atoms with E-state index in [4.69, 9.17) is 12.2 Å². The fraction of sp³-hybridized carbons (Fsp3) is 0.231. The summed E-state index contributed by atoms with van der Waals surface area (Å²) in [5, 5.41) is 7.18. The average molecular weight is 462 g/mol. The molecule has 1 atom stereocenters. The second-order valence-corrected chi connectivity index (χ2v) is 9.53. The summed E-state index contributed by atoms with van der Waals surface area (Å²) in [6, 6.07) is 20.6. The third-order valence-electron chi connectivity index (χ3n) is 5.84.